The van der Waals surface area contributed by atoms with Crippen molar-refractivity contribution in [3.05, 3.63) is 11.6 Å². The van der Waals surface area contributed by atoms with Gasteiger partial charge in [0, 0.05) is 7.05 Å². The molecule has 80 valence electrons. The molecule has 1 rings (SSSR count). The third-order valence-corrected chi connectivity index (χ3v) is 1.45. The van der Waals surface area contributed by atoms with Gasteiger partial charge in [0.05, 0.1) is 7.11 Å². The minimum absolute atomic E-state index is 0.219. The highest BCUT2D eigenvalue weighted by molar-refractivity contribution is 5.92. The molecule has 0 bridgehead atoms. The average molecular weight is 211 g/mol. The van der Waals surface area contributed by atoms with Crippen molar-refractivity contribution in [1.82, 2.24) is 20.3 Å². The van der Waals surface area contributed by atoms with Crippen LogP contribution in [0.3, 0.4) is 0 Å². The van der Waals surface area contributed by atoms with Crippen LogP contribution in [0.25, 0.3) is 0 Å². The van der Waals surface area contributed by atoms with E-state index in [0.29, 0.717) is 0 Å². The Balaban J connectivity index is 3.16. The molecular formula is C7H9N5O3. The highest BCUT2D eigenvalue weighted by atomic mass is 16.5. The molecule has 0 unspecified atom stereocenters. The number of methoxy groups -OCH3 is 1. The van der Waals surface area contributed by atoms with E-state index < -0.39 is 11.9 Å². The van der Waals surface area contributed by atoms with Crippen molar-refractivity contribution in [3.8, 4) is 0 Å². The summed E-state index contributed by atoms with van der Waals surface area (Å²) >= 11 is 0. The first kappa shape index (κ1) is 10.8. The Hall–Kier alpha value is -2.25. The standard InChI is InChI=1S/C7H9N5O3/c1-9-5(13)3-10-4(6(14)15-2)12-7(8)11-3/h1-2H3,(H,9,13)(H2,8,10,11,12). The van der Waals surface area contributed by atoms with E-state index in [2.05, 4.69) is 25.0 Å². The van der Waals surface area contributed by atoms with E-state index in [1.807, 2.05) is 0 Å². The summed E-state index contributed by atoms with van der Waals surface area (Å²) in [6.45, 7) is 0. The molecule has 3 N–H and O–H groups in total. The van der Waals surface area contributed by atoms with Gasteiger partial charge in [-0.15, -0.1) is 0 Å². The molecule has 0 radical (unpaired) electrons. The van der Waals surface area contributed by atoms with E-state index in [0.717, 1.165) is 0 Å². The number of ether oxygens (including phenoxy) is 1. The lowest BCUT2D eigenvalue weighted by Crippen LogP contribution is -2.24. The summed E-state index contributed by atoms with van der Waals surface area (Å²) in [4.78, 5) is 32.9. The highest BCUT2D eigenvalue weighted by Crippen LogP contribution is 1.99. The molecule has 0 aliphatic heterocycles. The smallest absolute Gasteiger partial charge is 0.376 e. The number of esters is 1. The SMILES string of the molecule is CNC(=O)c1nc(N)nc(C(=O)OC)n1. The van der Waals surface area contributed by atoms with E-state index >= 15 is 0 Å². The monoisotopic (exact) mass is 211 g/mol. The molecule has 0 fully saturated rings. The third kappa shape index (κ3) is 2.36. The van der Waals surface area contributed by atoms with Crippen molar-refractivity contribution in [2.24, 2.45) is 0 Å². The van der Waals surface area contributed by atoms with E-state index in [1.54, 1.807) is 0 Å². The number of hydrogen-bond donors (Lipinski definition) is 2. The van der Waals surface area contributed by atoms with Crippen LogP contribution < -0.4 is 11.1 Å². The summed E-state index contributed by atoms with van der Waals surface area (Å²) in [6.07, 6.45) is 0. The zero-order chi connectivity index (χ0) is 11.4. The van der Waals surface area contributed by atoms with Crippen LogP contribution >= 0.6 is 0 Å². The molecule has 0 atom stereocenters. The fourth-order valence-corrected chi connectivity index (χ4v) is 0.788. The Morgan fingerprint density at radius 2 is 1.87 bits per heavy atom. The topological polar surface area (TPSA) is 120 Å². The molecule has 0 aromatic carbocycles. The van der Waals surface area contributed by atoms with Crippen LogP contribution in [0.5, 0.6) is 0 Å². The highest BCUT2D eigenvalue weighted by Gasteiger charge is 2.16. The van der Waals surface area contributed by atoms with Crippen LogP contribution in [0.4, 0.5) is 5.95 Å². The van der Waals surface area contributed by atoms with Gasteiger partial charge in [-0.2, -0.15) is 15.0 Å². The van der Waals surface area contributed by atoms with Gasteiger partial charge in [-0.05, 0) is 0 Å². The Bertz CT molecular complexity index is 371. The zero-order valence-corrected chi connectivity index (χ0v) is 8.14. The number of carbonyl (C=O) groups excluding carboxylic acids is 2. The van der Waals surface area contributed by atoms with Crippen molar-refractivity contribution in [2.45, 2.75) is 0 Å². The first-order valence-corrected chi connectivity index (χ1v) is 3.90. The van der Waals surface area contributed by atoms with Gasteiger partial charge in [0.2, 0.25) is 17.6 Å². The number of nitrogens with two attached hydrogens (primary N) is 1. The molecule has 15 heavy (non-hydrogen) atoms. The lowest BCUT2D eigenvalue weighted by atomic mass is 10.5. The Kier molecular flexibility index (Phi) is 3.11. The van der Waals surface area contributed by atoms with E-state index in [9.17, 15) is 9.59 Å². The molecule has 1 heterocycles. The second-order valence-corrected chi connectivity index (χ2v) is 2.41. The van der Waals surface area contributed by atoms with Gasteiger partial charge < -0.3 is 15.8 Å². The minimum Gasteiger partial charge on any atom is -0.463 e. The molecule has 0 saturated carbocycles. The molecule has 8 heteroatoms. The predicted octanol–water partition coefficient (Wildman–Crippen LogP) is -1.40. The number of amides is 1. The van der Waals surface area contributed by atoms with Crippen LogP contribution in [-0.4, -0.2) is 41.0 Å². The van der Waals surface area contributed by atoms with Crippen LogP contribution in [0.1, 0.15) is 21.2 Å². The van der Waals surface area contributed by atoms with Crippen LogP contribution in [0.2, 0.25) is 0 Å². The molecule has 0 spiro atoms. The largest absolute Gasteiger partial charge is 0.463 e. The maximum absolute atomic E-state index is 11.2. The van der Waals surface area contributed by atoms with Crippen molar-refractivity contribution >= 4 is 17.8 Å². The number of aromatic nitrogens is 3. The lowest BCUT2D eigenvalue weighted by Gasteiger charge is -2.01. The van der Waals surface area contributed by atoms with Crippen molar-refractivity contribution < 1.29 is 14.3 Å². The van der Waals surface area contributed by atoms with E-state index in [4.69, 9.17) is 5.73 Å². The molecular weight excluding hydrogens is 202 g/mol. The van der Waals surface area contributed by atoms with E-state index in [-0.39, 0.29) is 17.6 Å². The third-order valence-electron chi connectivity index (χ3n) is 1.45. The Morgan fingerprint density at radius 1 is 1.27 bits per heavy atom. The number of rotatable bonds is 2. The Labute approximate surface area is 84.9 Å². The van der Waals surface area contributed by atoms with Gasteiger partial charge in [-0.25, -0.2) is 4.79 Å². The summed E-state index contributed by atoms with van der Waals surface area (Å²) in [6, 6.07) is 0. The first-order chi connectivity index (χ1) is 7.08. The second kappa shape index (κ2) is 4.31. The molecule has 0 aliphatic carbocycles. The summed E-state index contributed by atoms with van der Waals surface area (Å²) < 4.78 is 4.38. The first-order valence-electron chi connectivity index (χ1n) is 3.90. The molecule has 8 nitrogen and oxygen atoms in total. The zero-order valence-electron chi connectivity index (χ0n) is 8.14. The molecule has 1 amide bonds. The van der Waals surface area contributed by atoms with Crippen molar-refractivity contribution in [1.29, 1.82) is 0 Å². The quantitative estimate of drug-likeness (QED) is 0.577. The molecule has 0 saturated heterocycles. The minimum atomic E-state index is -0.783. The van der Waals surface area contributed by atoms with E-state index in [1.165, 1.54) is 14.2 Å². The van der Waals surface area contributed by atoms with Crippen molar-refractivity contribution in [3.63, 3.8) is 0 Å². The predicted molar refractivity (Wildman–Crippen MR) is 49.0 cm³/mol. The number of nitrogen functional groups attached to an aromatic ring is 1. The van der Waals surface area contributed by atoms with Gasteiger partial charge in [-0.1, -0.05) is 0 Å². The number of nitrogens with zero attached hydrogens (tertiary/aromatic N) is 3. The normalized spacial score (nSPS) is 9.47. The summed E-state index contributed by atoms with van der Waals surface area (Å²) in [7, 11) is 2.57. The maximum Gasteiger partial charge on any atom is 0.376 e. The molecule has 1 aromatic rings. The van der Waals surface area contributed by atoms with Crippen LogP contribution in [0.15, 0.2) is 0 Å². The van der Waals surface area contributed by atoms with Gasteiger partial charge in [0.15, 0.2) is 0 Å². The number of anilines is 1. The van der Waals surface area contributed by atoms with Crippen LogP contribution in [0, 0.1) is 0 Å². The molecule has 1 aromatic heterocycles. The van der Waals surface area contributed by atoms with Gasteiger partial charge in [0.25, 0.3) is 5.91 Å². The summed E-state index contributed by atoms with van der Waals surface area (Å²) in [5, 5.41) is 2.29. The summed E-state index contributed by atoms with van der Waals surface area (Å²) in [5.41, 5.74) is 5.29. The fourth-order valence-electron chi connectivity index (χ4n) is 0.788. The van der Waals surface area contributed by atoms with Gasteiger partial charge in [0.1, 0.15) is 0 Å². The molecule has 0 aliphatic rings. The Morgan fingerprint density at radius 3 is 2.40 bits per heavy atom. The number of nitrogens with one attached hydrogen (secondary N) is 1. The van der Waals surface area contributed by atoms with Crippen LogP contribution in [-0.2, 0) is 4.74 Å². The maximum atomic E-state index is 11.2. The fraction of sp³-hybridized carbons (Fsp3) is 0.286. The van der Waals surface area contributed by atoms with Gasteiger partial charge in [-0.3, -0.25) is 4.79 Å². The number of hydrogen-bond acceptors (Lipinski definition) is 7. The summed E-state index contributed by atoms with van der Waals surface area (Å²) in [5.74, 6) is -2.10. The average Bonchev–Trinajstić information content (AvgIpc) is 2.26. The van der Waals surface area contributed by atoms with Crippen molar-refractivity contribution in [2.75, 3.05) is 19.9 Å². The van der Waals surface area contributed by atoms with Gasteiger partial charge >= 0.3 is 5.97 Å². The second-order valence-electron chi connectivity index (χ2n) is 2.41. The lowest BCUT2D eigenvalue weighted by molar-refractivity contribution is 0.0586. The number of carbonyl (C=O) groups is 2.